The van der Waals surface area contributed by atoms with Crippen molar-refractivity contribution >= 4 is 37.8 Å². The number of hydrogen-bond donors (Lipinski definition) is 2. The van der Waals surface area contributed by atoms with Gasteiger partial charge in [-0.1, -0.05) is 0 Å². The summed E-state index contributed by atoms with van der Waals surface area (Å²) in [5.74, 6) is -0.111. The standard InChI is InChI=1S/C12H15Br2NO3/c1-7(2)18-12-9(13)3-8(4-10(12)14)5-15-6-11(16)17/h3-4,7,15H,5-6H2,1-2H3,(H,16,17). The first-order chi connectivity index (χ1) is 8.40. The second-order valence-corrected chi connectivity index (χ2v) is 5.76. The van der Waals surface area contributed by atoms with E-state index >= 15 is 0 Å². The Morgan fingerprint density at radius 1 is 1.39 bits per heavy atom. The minimum absolute atomic E-state index is 0.0561. The Balaban J connectivity index is 2.76. The van der Waals surface area contributed by atoms with Crippen molar-refractivity contribution in [2.45, 2.75) is 26.5 Å². The molecule has 0 unspecified atom stereocenters. The van der Waals surface area contributed by atoms with Gasteiger partial charge >= 0.3 is 5.97 Å². The quantitative estimate of drug-likeness (QED) is 0.795. The Labute approximate surface area is 123 Å². The normalized spacial score (nSPS) is 10.7. The summed E-state index contributed by atoms with van der Waals surface area (Å²) >= 11 is 6.90. The molecule has 0 aliphatic carbocycles. The van der Waals surface area contributed by atoms with E-state index in [4.69, 9.17) is 9.84 Å². The summed E-state index contributed by atoms with van der Waals surface area (Å²) in [7, 11) is 0. The third kappa shape index (κ3) is 4.96. The highest BCUT2D eigenvalue weighted by Crippen LogP contribution is 2.35. The number of carbonyl (C=O) groups is 1. The van der Waals surface area contributed by atoms with Crippen LogP contribution in [0.15, 0.2) is 21.1 Å². The molecule has 0 spiro atoms. The lowest BCUT2D eigenvalue weighted by Crippen LogP contribution is -2.21. The molecule has 1 aromatic rings. The number of rotatable bonds is 6. The molecule has 0 amide bonds. The van der Waals surface area contributed by atoms with E-state index in [-0.39, 0.29) is 12.6 Å². The van der Waals surface area contributed by atoms with Crippen molar-refractivity contribution in [3.8, 4) is 5.75 Å². The molecule has 4 nitrogen and oxygen atoms in total. The van der Waals surface area contributed by atoms with Crippen molar-refractivity contribution in [2.24, 2.45) is 0 Å². The van der Waals surface area contributed by atoms with Crippen LogP contribution in [-0.2, 0) is 11.3 Å². The number of carboxylic acid groups (broad SMARTS) is 1. The molecule has 0 bridgehead atoms. The summed E-state index contributed by atoms with van der Waals surface area (Å²) in [6.07, 6.45) is 0.0913. The fourth-order valence-electron chi connectivity index (χ4n) is 1.38. The third-order valence-corrected chi connectivity index (χ3v) is 3.20. The van der Waals surface area contributed by atoms with Crippen molar-refractivity contribution in [1.29, 1.82) is 0 Å². The lowest BCUT2D eigenvalue weighted by Gasteiger charge is -2.15. The number of benzene rings is 1. The van der Waals surface area contributed by atoms with E-state index < -0.39 is 5.97 Å². The molecule has 18 heavy (non-hydrogen) atoms. The van der Waals surface area contributed by atoms with E-state index in [0.717, 1.165) is 20.3 Å². The van der Waals surface area contributed by atoms with Gasteiger partial charge in [0.15, 0.2) is 0 Å². The maximum absolute atomic E-state index is 10.4. The van der Waals surface area contributed by atoms with Crippen LogP contribution in [-0.4, -0.2) is 23.7 Å². The highest BCUT2D eigenvalue weighted by Gasteiger charge is 2.10. The molecule has 0 fully saturated rings. The van der Waals surface area contributed by atoms with Crippen LogP contribution in [0.1, 0.15) is 19.4 Å². The smallest absolute Gasteiger partial charge is 0.317 e. The Hall–Kier alpha value is -0.590. The van der Waals surface area contributed by atoms with Gasteiger partial charge in [0.05, 0.1) is 21.6 Å². The first-order valence-electron chi connectivity index (χ1n) is 5.47. The fourth-order valence-corrected chi connectivity index (χ4v) is 2.84. The number of carboxylic acids is 1. The van der Waals surface area contributed by atoms with Crippen molar-refractivity contribution in [1.82, 2.24) is 5.32 Å². The monoisotopic (exact) mass is 379 g/mol. The van der Waals surface area contributed by atoms with Gasteiger partial charge in [-0.3, -0.25) is 4.79 Å². The molecule has 0 aliphatic rings. The minimum atomic E-state index is -0.868. The largest absolute Gasteiger partial charge is 0.489 e. The van der Waals surface area contributed by atoms with Gasteiger partial charge in [-0.25, -0.2) is 0 Å². The lowest BCUT2D eigenvalue weighted by molar-refractivity contribution is -0.135. The van der Waals surface area contributed by atoms with Crippen LogP contribution in [0, 0.1) is 0 Å². The van der Waals surface area contributed by atoms with E-state index in [9.17, 15) is 4.79 Å². The predicted molar refractivity (Wildman–Crippen MR) is 76.9 cm³/mol. The van der Waals surface area contributed by atoms with Gasteiger partial charge in [-0.2, -0.15) is 0 Å². The molecular weight excluding hydrogens is 366 g/mol. The Bertz CT molecular complexity index is 412. The number of halogens is 2. The molecule has 6 heteroatoms. The molecule has 1 aromatic carbocycles. The SMILES string of the molecule is CC(C)Oc1c(Br)cc(CNCC(=O)O)cc1Br. The van der Waals surface area contributed by atoms with Gasteiger partial charge in [0.2, 0.25) is 0 Å². The van der Waals surface area contributed by atoms with E-state index in [1.165, 1.54) is 0 Å². The van der Waals surface area contributed by atoms with Crippen LogP contribution < -0.4 is 10.1 Å². The average molecular weight is 381 g/mol. The Morgan fingerprint density at radius 2 is 1.94 bits per heavy atom. The van der Waals surface area contributed by atoms with E-state index in [0.29, 0.717) is 6.54 Å². The summed E-state index contributed by atoms with van der Waals surface area (Å²) in [6, 6.07) is 3.83. The molecule has 0 heterocycles. The topological polar surface area (TPSA) is 58.6 Å². The van der Waals surface area contributed by atoms with Gasteiger partial charge < -0.3 is 15.2 Å². The van der Waals surface area contributed by atoms with Crippen LogP contribution in [0.4, 0.5) is 0 Å². The second kappa shape index (κ2) is 7.11. The van der Waals surface area contributed by atoms with Crippen molar-refractivity contribution < 1.29 is 14.6 Å². The van der Waals surface area contributed by atoms with Gasteiger partial charge in [0.25, 0.3) is 0 Å². The first kappa shape index (κ1) is 15.5. The molecule has 0 saturated carbocycles. The molecule has 0 aliphatic heterocycles. The molecule has 0 aromatic heterocycles. The number of ether oxygens (including phenoxy) is 1. The second-order valence-electron chi connectivity index (χ2n) is 4.05. The Kier molecular flexibility index (Phi) is 6.11. The van der Waals surface area contributed by atoms with Crippen LogP contribution in [0.5, 0.6) is 5.75 Å². The number of nitrogens with one attached hydrogen (secondary N) is 1. The van der Waals surface area contributed by atoms with Gasteiger partial charge in [-0.05, 0) is 63.4 Å². The average Bonchev–Trinajstić information content (AvgIpc) is 2.22. The molecule has 0 atom stereocenters. The van der Waals surface area contributed by atoms with Crippen molar-refractivity contribution in [3.05, 3.63) is 26.6 Å². The van der Waals surface area contributed by atoms with Gasteiger partial charge in [0.1, 0.15) is 5.75 Å². The molecule has 2 N–H and O–H groups in total. The summed E-state index contributed by atoms with van der Waals surface area (Å²) < 4.78 is 7.36. The molecule has 0 saturated heterocycles. The molecule has 0 radical (unpaired) electrons. The summed E-state index contributed by atoms with van der Waals surface area (Å²) in [4.78, 5) is 10.4. The zero-order valence-electron chi connectivity index (χ0n) is 10.2. The summed E-state index contributed by atoms with van der Waals surface area (Å²) in [5, 5.41) is 11.4. The number of hydrogen-bond acceptors (Lipinski definition) is 3. The van der Waals surface area contributed by atoms with E-state index in [2.05, 4.69) is 37.2 Å². The lowest BCUT2D eigenvalue weighted by atomic mass is 10.2. The van der Waals surface area contributed by atoms with E-state index in [1.54, 1.807) is 0 Å². The van der Waals surface area contributed by atoms with Crippen LogP contribution in [0.3, 0.4) is 0 Å². The maximum Gasteiger partial charge on any atom is 0.317 e. The molecule has 100 valence electrons. The maximum atomic E-state index is 10.4. The van der Waals surface area contributed by atoms with E-state index in [1.807, 2.05) is 26.0 Å². The van der Waals surface area contributed by atoms with Gasteiger partial charge in [-0.15, -0.1) is 0 Å². The van der Waals surface area contributed by atoms with Crippen LogP contribution in [0.25, 0.3) is 0 Å². The van der Waals surface area contributed by atoms with Gasteiger partial charge in [0, 0.05) is 6.54 Å². The van der Waals surface area contributed by atoms with Crippen LogP contribution >= 0.6 is 31.9 Å². The van der Waals surface area contributed by atoms with Crippen molar-refractivity contribution in [3.63, 3.8) is 0 Å². The zero-order valence-corrected chi connectivity index (χ0v) is 13.3. The zero-order chi connectivity index (χ0) is 13.7. The highest BCUT2D eigenvalue weighted by molar-refractivity contribution is 9.11. The Morgan fingerprint density at radius 3 is 2.39 bits per heavy atom. The summed E-state index contributed by atoms with van der Waals surface area (Å²) in [5.41, 5.74) is 0.978. The third-order valence-electron chi connectivity index (χ3n) is 2.02. The fraction of sp³-hybridized carbons (Fsp3) is 0.417. The number of aliphatic carboxylic acids is 1. The molecule has 1 rings (SSSR count). The molecular formula is C12H15Br2NO3. The predicted octanol–water partition coefficient (Wildman–Crippen LogP) is 3.17. The minimum Gasteiger partial charge on any atom is -0.489 e. The highest BCUT2D eigenvalue weighted by atomic mass is 79.9. The first-order valence-corrected chi connectivity index (χ1v) is 7.06. The van der Waals surface area contributed by atoms with Crippen molar-refractivity contribution in [2.75, 3.05) is 6.54 Å². The van der Waals surface area contributed by atoms with Crippen LogP contribution in [0.2, 0.25) is 0 Å². The summed E-state index contributed by atoms with van der Waals surface area (Å²) in [6.45, 7) is 4.35.